The third kappa shape index (κ3) is 4.74. The van der Waals surface area contributed by atoms with Crippen LogP contribution in [0.1, 0.15) is 29.7 Å². The topological polar surface area (TPSA) is 90.4 Å². The van der Waals surface area contributed by atoms with Gasteiger partial charge in [0.15, 0.2) is 0 Å². The SMILES string of the molecule is Cc1ccc(C2(O)CCN(C(=O)NCCNc3ncccc3C)CC2)nc1. The van der Waals surface area contributed by atoms with Crippen molar-refractivity contribution < 1.29 is 9.90 Å². The van der Waals surface area contributed by atoms with E-state index in [0.717, 1.165) is 16.9 Å². The largest absolute Gasteiger partial charge is 0.383 e. The first-order valence-electron chi connectivity index (χ1n) is 9.32. The van der Waals surface area contributed by atoms with E-state index in [1.165, 1.54) is 0 Å². The molecule has 0 atom stereocenters. The van der Waals surface area contributed by atoms with Crippen molar-refractivity contribution in [2.24, 2.45) is 0 Å². The lowest BCUT2D eigenvalue weighted by molar-refractivity contribution is -0.0203. The maximum absolute atomic E-state index is 12.3. The Morgan fingerprint density at radius 1 is 1.19 bits per heavy atom. The van der Waals surface area contributed by atoms with Gasteiger partial charge in [0.2, 0.25) is 0 Å². The summed E-state index contributed by atoms with van der Waals surface area (Å²) in [6.07, 6.45) is 4.48. The minimum atomic E-state index is -0.956. The zero-order valence-electron chi connectivity index (χ0n) is 15.9. The number of hydrogen-bond acceptors (Lipinski definition) is 5. The number of urea groups is 1. The summed E-state index contributed by atoms with van der Waals surface area (Å²) in [5.41, 5.74) is 1.86. The first-order valence-corrected chi connectivity index (χ1v) is 9.32. The molecule has 1 aliphatic heterocycles. The van der Waals surface area contributed by atoms with Crippen LogP contribution in [0.5, 0.6) is 0 Å². The molecular weight excluding hydrogens is 342 g/mol. The number of nitrogens with one attached hydrogen (secondary N) is 2. The standard InChI is InChI=1S/C20H27N5O2/c1-15-5-6-17(24-14-15)20(27)7-12-25(13-8-20)19(26)23-11-10-22-18-16(2)4-3-9-21-18/h3-6,9,14,27H,7-8,10-13H2,1-2H3,(H,21,22)(H,23,26). The third-order valence-corrected chi connectivity index (χ3v) is 4.97. The van der Waals surface area contributed by atoms with E-state index < -0.39 is 5.60 Å². The van der Waals surface area contributed by atoms with Crippen LogP contribution in [-0.2, 0) is 5.60 Å². The Morgan fingerprint density at radius 2 is 1.96 bits per heavy atom. The van der Waals surface area contributed by atoms with E-state index in [1.54, 1.807) is 17.3 Å². The van der Waals surface area contributed by atoms with Crippen molar-refractivity contribution >= 4 is 11.8 Å². The van der Waals surface area contributed by atoms with Crippen LogP contribution in [0.15, 0.2) is 36.7 Å². The van der Waals surface area contributed by atoms with E-state index in [9.17, 15) is 9.90 Å². The molecule has 27 heavy (non-hydrogen) atoms. The van der Waals surface area contributed by atoms with Crippen molar-refractivity contribution in [1.82, 2.24) is 20.2 Å². The lowest BCUT2D eigenvalue weighted by Crippen LogP contribution is -2.49. The Morgan fingerprint density at radius 3 is 2.63 bits per heavy atom. The van der Waals surface area contributed by atoms with Crippen LogP contribution in [0.2, 0.25) is 0 Å². The van der Waals surface area contributed by atoms with Crippen molar-refractivity contribution in [3.63, 3.8) is 0 Å². The zero-order chi connectivity index (χ0) is 19.3. The molecule has 0 aliphatic carbocycles. The molecule has 0 spiro atoms. The van der Waals surface area contributed by atoms with Crippen LogP contribution in [-0.4, -0.2) is 52.2 Å². The van der Waals surface area contributed by atoms with Gasteiger partial charge in [0.1, 0.15) is 11.4 Å². The van der Waals surface area contributed by atoms with Crippen LogP contribution in [0.4, 0.5) is 10.6 Å². The summed E-state index contributed by atoms with van der Waals surface area (Å²) in [6.45, 7) is 6.09. The maximum atomic E-state index is 12.3. The van der Waals surface area contributed by atoms with Crippen molar-refractivity contribution in [2.75, 3.05) is 31.5 Å². The van der Waals surface area contributed by atoms with Gasteiger partial charge in [-0.3, -0.25) is 4.98 Å². The zero-order valence-corrected chi connectivity index (χ0v) is 15.9. The molecule has 144 valence electrons. The molecule has 0 radical (unpaired) electrons. The molecule has 3 heterocycles. The van der Waals surface area contributed by atoms with E-state index in [2.05, 4.69) is 20.6 Å². The fourth-order valence-corrected chi connectivity index (χ4v) is 3.21. The van der Waals surface area contributed by atoms with Crippen LogP contribution in [0, 0.1) is 13.8 Å². The number of aliphatic hydroxyl groups is 1. The Balaban J connectivity index is 1.43. The van der Waals surface area contributed by atoms with Gasteiger partial charge in [0.05, 0.1) is 5.69 Å². The normalized spacial score (nSPS) is 16.0. The lowest BCUT2D eigenvalue weighted by atomic mass is 9.87. The molecule has 1 fully saturated rings. The number of carbonyl (C=O) groups excluding carboxylic acids is 1. The highest BCUT2D eigenvalue weighted by Crippen LogP contribution is 2.31. The number of aryl methyl sites for hydroxylation is 2. The summed E-state index contributed by atoms with van der Waals surface area (Å²) >= 11 is 0. The molecule has 2 amide bonds. The second kappa shape index (κ2) is 8.35. The van der Waals surface area contributed by atoms with E-state index in [-0.39, 0.29) is 6.03 Å². The molecule has 0 unspecified atom stereocenters. The first-order chi connectivity index (χ1) is 13.0. The predicted octanol–water partition coefficient (Wildman–Crippen LogP) is 2.20. The molecule has 7 heteroatoms. The quantitative estimate of drug-likeness (QED) is 0.703. The number of pyridine rings is 2. The van der Waals surface area contributed by atoms with Gasteiger partial charge in [-0.2, -0.15) is 0 Å². The Labute approximate surface area is 159 Å². The maximum Gasteiger partial charge on any atom is 0.317 e. The number of piperidine rings is 1. The van der Waals surface area contributed by atoms with Gasteiger partial charge in [-0.25, -0.2) is 9.78 Å². The van der Waals surface area contributed by atoms with Crippen molar-refractivity contribution in [3.8, 4) is 0 Å². The molecule has 2 aromatic rings. The highest BCUT2D eigenvalue weighted by atomic mass is 16.3. The van der Waals surface area contributed by atoms with Crippen LogP contribution in [0.3, 0.4) is 0 Å². The van der Waals surface area contributed by atoms with E-state index in [4.69, 9.17) is 0 Å². The fraction of sp³-hybridized carbons (Fsp3) is 0.450. The van der Waals surface area contributed by atoms with Gasteiger partial charge < -0.3 is 20.6 Å². The Bertz CT molecular complexity index is 770. The van der Waals surface area contributed by atoms with Gasteiger partial charge in [-0.15, -0.1) is 0 Å². The highest BCUT2D eigenvalue weighted by molar-refractivity contribution is 5.74. The summed E-state index contributed by atoms with van der Waals surface area (Å²) in [6, 6.07) is 7.61. The van der Waals surface area contributed by atoms with Crippen molar-refractivity contribution in [3.05, 3.63) is 53.5 Å². The number of nitrogens with zero attached hydrogens (tertiary/aromatic N) is 3. The Kier molecular flexibility index (Phi) is 5.91. The molecule has 0 saturated carbocycles. The summed E-state index contributed by atoms with van der Waals surface area (Å²) < 4.78 is 0. The number of anilines is 1. The molecular formula is C20H27N5O2. The second-order valence-corrected chi connectivity index (χ2v) is 7.07. The molecule has 2 aromatic heterocycles. The van der Waals surface area contributed by atoms with Gasteiger partial charge >= 0.3 is 6.03 Å². The summed E-state index contributed by atoms with van der Waals surface area (Å²) in [7, 11) is 0. The van der Waals surface area contributed by atoms with E-state index >= 15 is 0 Å². The fourth-order valence-electron chi connectivity index (χ4n) is 3.21. The average molecular weight is 369 g/mol. The summed E-state index contributed by atoms with van der Waals surface area (Å²) in [5.74, 6) is 0.834. The number of likely N-dealkylation sites (tertiary alicyclic amines) is 1. The number of amides is 2. The Hall–Kier alpha value is -2.67. The van der Waals surface area contributed by atoms with Gasteiger partial charge in [-0.05, 0) is 49.9 Å². The van der Waals surface area contributed by atoms with Gasteiger partial charge in [0, 0.05) is 38.6 Å². The molecule has 3 N–H and O–H groups in total. The van der Waals surface area contributed by atoms with Crippen LogP contribution >= 0.6 is 0 Å². The molecule has 1 saturated heterocycles. The van der Waals surface area contributed by atoms with Crippen molar-refractivity contribution in [1.29, 1.82) is 0 Å². The van der Waals surface area contributed by atoms with Gasteiger partial charge in [0.25, 0.3) is 0 Å². The highest BCUT2D eigenvalue weighted by Gasteiger charge is 2.36. The van der Waals surface area contributed by atoms with Crippen LogP contribution in [0.25, 0.3) is 0 Å². The summed E-state index contributed by atoms with van der Waals surface area (Å²) in [5, 5.41) is 17.0. The molecule has 1 aliphatic rings. The number of hydrogen-bond donors (Lipinski definition) is 3. The third-order valence-electron chi connectivity index (χ3n) is 4.97. The number of carbonyl (C=O) groups is 1. The molecule has 7 nitrogen and oxygen atoms in total. The minimum Gasteiger partial charge on any atom is -0.383 e. The van der Waals surface area contributed by atoms with Gasteiger partial charge in [-0.1, -0.05) is 12.1 Å². The van der Waals surface area contributed by atoms with E-state index in [0.29, 0.717) is 44.7 Å². The monoisotopic (exact) mass is 369 g/mol. The smallest absolute Gasteiger partial charge is 0.317 e. The average Bonchev–Trinajstić information content (AvgIpc) is 2.67. The molecule has 3 rings (SSSR count). The minimum absolute atomic E-state index is 0.103. The first kappa shape index (κ1) is 19.1. The predicted molar refractivity (Wildman–Crippen MR) is 105 cm³/mol. The number of aromatic nitrogens is 2. The molecule has 0 bridgehead atoms. The lowest BCUT2D eigenvalue weighted by Gasteiger charge is -2.37. The summed E-state index contributed by atoms with van der Waals surface area (Å²) in [4.78, 5) is 22.7. The number of rotatable bonds is 5. The van der Waals surface area contributed by atoms with Crippen molar-refractivity contribution in [2.45, 2.75) is 32.3 Å². The van der Waals surface area contributed by atoms with Crippen LogP contribution < -0.4 is 10.6 Å². The second-order valence-electron chi connectivity index (χ2n) is 7.07. The molecule has 0 aromatic carbocycles. The van der Waals surface area contributed by atoms with E-state index in [1.807, 2.05) is 38.1 Å².